The fraction of sp³-hybridized carbons (Fsp3) is 0.250. The van der Waals surface area contributed by atoms with Gasteiger partial charge in [0.15, 0.2) is 0 Å². The molecule has 0 aliphatic carbocycles. The largest absolute Gasteiger partial charge is 0.489 e. The number of carbonyl (C=O) groups is 1. The predicted octanol–water partition coefficient (Wildman–Crippen LogP) is 3.06. The maximum Gasteiger partial charge on any atom is 0.331 e. The van der Waals surface area contributed by atoms with Crippen LogP contribution < -0.4 is 4.74 Å². The van der Waals surface area contributed by atoms with Gasteiger partial charge in [-0.1, -0.05) is 17.7 Å². The van der Waals surface area contributed by atoms with Crippen molar-refractivity contribution in [3.05, 3.63) is 40.4 Å². The normalized spacial score (nSPS) is 11.3. The average Bonchev–Trinajstić information content (AvgIpc) is 2.22. The molecule has 0 saturated heterocycles. The van der Waals surface area contributed by atoms with Crippen LogP contribution in [0.15, 0.2) is 29.8 Å². The monoisotopic (exact) mass is 240 g/mol. The van der Waals surface area contributed by atoms with Gasteiger partial charge in [-0.2, -0.15) is 0 Å². The summed E-state index contributed by atoms with van der Waals surface area (Å²) in [5, 5.41) is 9.23. The van der Waals surface area contributed by atoms with Crippen LogP contribution in [0.5, 0.6) is 5.75 Å². The maximum absolute atomic E-state index is 10.5. The van der Waals surface area contributed by atoms with Crippen molar-refractivity contribution in [1.82, 2.24) is 0 Å². The minimum absolute atomic E-state index is 0.222. The molecule has 0 aliphatic rings. The second-order valence-corrected chi connectivity index (χ2v) is 3.85. The van der Waals surface area contributed by atoms with Crippen molar-refractivity contribution >= 4 is 17.6 Å². The van der Waals surface area contributed by atoms with Gasteiger partial charge in [-0.3, -0.25) is 0 Å². The van der Waals surface area contributed by atoms with Gasteiger partial charge in [-0.05, 0) is 37.6 Å². The van der Waals surface area contributed by atoms with E-state index >= 15 is 0 Å². The fourth-order valence-corrected chi connectivity index (χ4v) is 1.24. The molecule has 0 radical (unpaired) electrons. The molecule has 1 rings (SSSR count). The van der Waals surface area contributed by atoms with Gasteiger partial charge in [-0.15, -0.1) is 0 Å². The van der Waals surface area contributed by atoms with Crippen LogP contribution in [0.4, 0.5) is 0 Å². The van der Waals surface area contributed by atoms with Gasteiger partial charge >= 0.3 is 5.97 Å². The van der Waals surface area contributed by atoms with Crippen molar-refractivity contribution < 1.29 is 14.6 Å². The Kier molecular flexibility index (Phi) is 4.38. The summed E-state index contributed by atoms with van der Waals surface area (Å²) in [5.74, 6) is -0.270. The third-order valence-electron chi connectivity index (χ3n) is 2.12. The van der Waals surface area contributed by atoms with Gasteiger partial charge in [0.05, 0.1) is 0 Å². The number of halogens is 1. The molecule has 1 N–H and O–H groups in total. The van der Waals surface area contributed by atoms with E-state index in [1.54, 1.807) is 12.1 Å². The maximum atomic E-state index is 10.5. The SMILES string of the molecule is CC(=CCOc1cc(Cl)ccc1C)C(=O)O. The Morgan fingerprint density at radius 1 is 1.56 bits per heavy atom. The number of carboxylic acids is 1. The summed E-state index contributed by atoms with van der Waals surface area (Å²) in [7, 11) is 0. The minimum Gasteiger partial charge on any atom is -0.489 e. The van der Waals surface area contributed by atoms with Crippen LogP contribution in [0.25, 0.3) is 0 Å². The summed E-state index contributed by atoms with van der Waals surface area (Å²) in [4.78, 5) is 10.5. The third kappa shape index (κ3) is 3.59. The lowest BCUT2D eigenvalue weighted by Gasteiger charge is -2.07. The molecule has 86 valence electrons. The van der Waals surface area contributed by atoms with E-state index in [1.165, 1.54) is 13.0 Å². The molecule has 1 aromatic rings. The second-order valence-electron chi connectivity index (χ2n) is 3.41. The molecular formula is C12H13ClO3. The molecule has 0 amide bonds. The molecule has 16 heavy (non-hydrogen) atoms. The van der Waals surface area contributed by atoms with Crippen molar-refractivity contribution in [1.29, 1.82) is 0 Å². The summed E-state index contributed by atoms with van der Waals surface area (Å²) in [6.07, 6.45) is 1.52. The van der Waals surface area contributed by atoms with Crippen LogP contribution in [-0.2, 0) is 4.79 Å². The Morgan fingerprint density at radius 2 is 2.25 bits per heavy atom. The molecule has 1 aromatic carbocycles. The fourth-order valence-electron chi connectivity index (χ4n) is 1.07. The zero-order chi connectivity index (χ0) is 12.1. The van der Waals surface area contributed by atoms with Crippen LogP contribution in [-0.4, -0.2) is 17.7 Å². The highest BCUT2D eigenvalue weighted by Crippen LogP contribution is 2.22. The summed E-state index contributed by atoms with van der Waals surface area (Å²) < 4.78 is 5.41. The zero-order valence-electron chi connectivity index (χ0n) is 9.16. The van der Waals surface area contributed by atoms with Crippen molar-refractivity contribution in [3.63, 3.8) is 0 Å². The van der Waals surface area contributed by atoms with E-state index in [4.69, 9.17) is 21.4 Å². The molecule has 0 unspecified atom stereocenters. The van der Waals surface area contributed by atoms with E-state index in [0.717, 1.165) is 5.56 Å². The lowest BCUT2D eigenvalue weighted by molar-refractivity contribution is -0.132. The van der Waals surface area contributed by atoms with Crippen LogP contribution in [0.2, 0.25) is 5.02 Å². The predicted molar refractivity (Wildman–Crippen MR) is 63.1 cm³/mol. The number of benzene rings is 1. The van der Waals surface area contributed by atoms with E-state index in [0.29, 0.717) is 10.8 Å². The Bertz CT molecular complexity index is 424. The number of rotatable bonds is 4. The van der Waals surface area contributed by atoms with Gasteiger partial charge < -0.3 is 9.84 Å². The number of hydrogen-bond acceptors (Lipinski definition) is 2. The lowest BCUT2D eigenvalue weighted by atomic mass is 10.2. The zero-order valence-corrected chi connectivity index (χ0v) is 9.91. The van der Waals surface area contributed by atoms with Crippen molar-refractivity contribution in [2.45, 2.75) is 13.8 Å². The van der Waals surface area contributed by atoms with Gasteiger partial charge in [0.1, 0.15) is 12.4 Å². The molecule has 0 bridgehead atoms. The highest BCUT2D eigenvalue weighted by molar-refractivity contribution is 6.30. The quantitative estimate of drug-likeness (QED) is 0.823. The highest BCUT2D eigenvalue weighted by atomic mass is 35.5. The molecule has 0 spiro atoms. The molecule has 4 heteroatoms. The number of carboxylic acid groups (broad SMARTS) is 1. The molecule has 0 fully saturated rings. The molecule has 0 aliphatic heterocycles. The first kappa shape index (κ1) is 12.6. The van der Waals surface area contributed by atoms with Gasteiger partial charge in [0.25, 0.3) is 0 Å². The van der Waals surface area contributed by atoms with E-state index in [-0.39, 0.29) is 12.2 Å². The Labute approximate surface area is 99.3 Å². The van der Waals surface area contributed by atoms with E-state index < -0.39 is 5.97 Å². The summed E-state index contributed by atoms with van der Waals surface area (Å²) >= 11 is 5.82. The first-order valence-corrected chi connectivity index (χ1v) is 5.17. The standard InChI is InChI=1S/C12H13ClO3/c1-8-3-4-10(13)7-11(8)16-6-5-9(2)12(14)15/h3-5,7H,6H2,1-2H3,(H,14,15). The lowest BCUT2D eigenvalue weighted by Crippen LogP contribution is -2.01. The number of aliphatic carboxylic acids is 1. The average molecular weight is 241 g/mol. The summed E-state index contributed by atoms with van der Waals surface area (Å²) in [6, 6.07) is 5.34. The van der Waals surface area contributed by atoms with Crippen LogP contribution in [0.3, 0.4) is 0 Å². The minimum atomic E-state index is -0.939. The number of ether oxygens (including phenoxy) is 1. The van der Waals surface area contributed by atoms with E-state index in [2.05, 4.69) is 0 Å². The van der Waals surface area contributed by atoms with E-state index in [9.17, 15) is 4.79 Å². The molecule has 0 saturated carbocycles. The Balaban J connectivity index is 2.65. The number of hydrogen-bond donors (Lipinski definition) is 1. The Hall–Kier alpha value is -1.48. The highest BCUT2D eigenvalue weighted by Gasteiger charge is 2.01. The summed E-state index contributed by atoms with van der Waals surface area (Å²) in [6.45, 7) is 3.65. The van der Waals surface area contributed by atoms with Gasteiger partial charge in [0, 0.05) is 10.6 Å². The summed E-state index contributed by atoms with van der Waals surface area (Å²) in [5.41, 5.74) is 1.23. The molecule has 0 heterocycles. The molecular weight excluding hydrogens is 228 g/mol. The first-order valence-electron chi connectivity index (χ1n) is 4.79. The van der Waals surface area contributed by atoms with Crippen molar-refractivity contribution in [2.75, 3.05) is 6.61 Å². The van der Waals surface area contributed by atoms with Crippen molar-refractivity contribution in [3.8, 4) is 5.75 Å². The molecule has 0 aromatic heterocycles. The molecule has 0 atom stereocenters. The third-order valence-corrected chi connectivity index (χ3v) is 2.35. The van der Waals surface area contributed by atoms with Crippen LogP contribution >= 0.6 is 11.6 Å². The molecule has 3 nitrogen and oxygen atoms in total. The second kappa shape index (κ2) is 5.56. The topological polar surface area (TPSA) is 46.5 Å². The van der Waals surface area contributed by atoms with Crippen LogP contribution in [0.1, 0.15) is 12.5 Å². The Morgan fingerprint density at radius 3 is 2.88 bits per heavy atom. The number of aryl methyl sites for hydroxylation is 1. The first-order chi connectivity index (χ1) is 7.50. The van der Waals surface area contributed by atoms with Crippen LogP contribution in [0, 0.1) is 6.92 Å². The smallest absolute Gasteiger partial charge is 0.331 e. The van der Waals surface area contributed by atoms with Crippen molar-refractivity contribution in [2.24, 2.45) is 0 Å². The van der Waals surface area contributed by atoms with Gasteiger partial charge in [0.2, 0.25) is 0 Å². The van der Waals surface area contributed by atoms with Gasteiger partial charge in [-0.25, -0.2) is 4.79 Å². The van der Waals surface area contributed by atoms with E-state index in [1.807, 2.05) is 13.0 Å².